The number of hydrogen-bond donors (Lipinski definition) is 2. The highest BCUT2D eigenvalue weighted by molar-refractivity contribution is 7.99. The third-order valence-electron chi connectivity index (χ3n) is 3.31. The van der Waals surface area contributed by atoms with E-state index in [2.05, 4.69) is 10.3 Å². The van der Waals surface area contributed by atoms with E-state index in [4.69, 9.17) is 23.2 Å². The number of thioether (sulfide) groups is 1. The summed E-state index contributed by atoms with van der Waals surface area (Å²) in [7, 11) is 0. The molecule has 2 aromatic rings. The lowest BCUT2D eigenvalue weighted by molar-refractivity contribution is 0.0941. The second-order valence-corrected chi connectivity index (χ2v) is 6.70. The van der Waals surface area contributed by atoms with Crippen molar-refractivity contribution in [1.82, 2.24) is 14.9 Å². The van der Waals surface area contributed by atoms with E-state index in [0.29, 0.717) is 27.5 Å². The maximum Gasteiger partial charge on any atom is 0.297 e. The fourth-order valence-electron chi connectivity index (χ4n) is 2.13. The molecule has 0 bridgehead atoms. The minimum atomic E-state index is -0.636. The molecule has 2 N–H and O–H groups in total. The monoisotopic (exact) mass is 371 g/mol. The van der Waals surface area contributed by atoms with Gasteiger partial charge in [-0.05, 0) is 17.7 Å². The number of halogens is 2. The second kappa shape index (κ2) is 6.43. The van der Waals surface area contributed by atoms with Crippen molar-refractivity contribution >= 4 is 40.9 Å². The molecule has 1 aromatic heterocycles. The third kappa shape index (κ3) is 3.17. The van der Waals surface area contributed by atoms with E-state index in [1.54, 1.807) is 18.2 Å². The van der Waals surface area contributed by atoms with Crippen LogP contribution >= 0.6 is 35.0 Å². The van der Waals surface area contributed by atoms with Crippen LogP contribution in [0.2, 0.25) is 10.0 Å². The first-order valence-electron chi connectivity index (χ1n) is 6.66. The van der Waals surface area contributed by atoms with Gasteiger partial charge in [0.2, 0.25) is 5.75 Å². The molecule has 120 valence electrons. The second-order valence-electron chi connectivity index (χ2n) is 4.83. The molecule has 1 amide bonds. The van der Waals surface area contributed by atoms with Gasteiger partial charge in [-0.3, -0.25) is 14.2 Å². The third-order valence-corrected chi connectivity index (χ3v) is 5.00. The summed E-state index contributed by atoms with van der Waals surface area (Å²) in [5, 5.41) is 13.7. The molecule has 2 heterocycles. The summed E-state index contributed by atoms with van der Waals surface area (Å²) < 4.78 is 1.36. The van der Waals surface area contributed by atoms with E-state index in [1.165, 1.54) is 16.3 Å². The van der Waals surface area contributed by atoms with Crippen molar-refractivity contribution < 1.29 is 9.90 Å². The summed E-state index contributed by atoms with van der Waals surface area (Å²) in [6.45, 7) is 0.646. The highest BCUT2D eigenvalue weighted by atomic mass is 35.5. The van der Waals surface area contributed by atoms with Gasteiger partial charge in [0.25, 0.3) is 11.5 Å². The predicted octanol–water partition coefficient (Wildman–Crippen LogP) is 2.29. The molecule has 0 atom stereocenters. The Morgan fingerprint density at radius 1 is 1.39 bits per heavy atom. The van der Waals surface area contributed by atoms with Crippen molar-refractivity contribution in [3.05, 3.63) is 49.9 Å². The fraction of sp³-hybridized carbons (Fsp3) is 0.214. The zero-order chi connectivity index (χ0) is 16.6. The zero-order valence-corrected chi connectivity index (χ0v) is 14.0. The van der Waals surface area contributed by atoms with Gasteiger partial charge in [0, 0.05) is 18.8 Å². The van der Waals surface area contributed by atoms with Crippen LogP contribution in [0.1, 0.15) is 16.1 Å². The lowest BCUT2D eigenvalue weighted by Crippen LogP contribution is -2.29. The quantitative estimate of drug-likeness (QED) is 0.808. The summed E-state index contributed by atoms with van der Waals surface area (Å²) in [6.07, 6.45) is 0. The van der Waals surface area contributed by atoms with Gasteiger partial charge < -0.3 is 10.4 Å². The molecular formula is C14H11Cl2N3O3S. The van der Waals surface area contributed by atoms with Gasteiger partial charge in [-0.15, -0.1) is 0 Å². The largest absolute Gasteiger partial charge is 0.501 e. The molecule has 6 nitrogen and oxygen atoms in total. The van der Waals surface area contributed by atoms with E-state index >= 15 is 0 Å². The Labute approximate surface area is 145 Å². The van der Waals surface area contributed by atoms with Gasteiger partial charge in [-0.25, -0.2) is 4.98 Å². The van der Waals surface area contributed by atoms with Crippen molar-refractivity contribution in [3.8, 4) is 5.75 Å². The van der Waals surface area contributed by atoms with Crippen molar-refractivity contribution in [2.75, 3.05) is 5.75 Å². The standard InChI is InChI=1S/C14H11Cl2N3O3S/c15-8-2-1-7(5-9(8)16)6-17-12(21)10-11(20)13(22)19-3-4-23-14(19)18-10/h1-2,5,20H,3-4,6H2,(H,17,21). The van der Waals surface area contributed by atoms with Gasteiger partial charge in [-0.1, -0.05) is 41.0 Å². The molecule has 0 saturated heterocycles. The number of aromatic hydroxyl groups is 1. The fourth-order valence-corrected chi connectivity index (χ4v) is 3.40. The normalized spacial score (nSPS) is 13.0. The number of aromatic nitrogens is 2. The Hall–Kier alpha value is -1.70. The average molecular weight is 372 g/mol. The number of nitrogens with one attached hydrogen (secondary N) is 1. The lowest BCUT2D eigenvalue weighted by atomic mass is 10.2. The minimum absolute atomic E-state index is 0.169. The number of carbonyl (C=O) groups is 1. The molecule has 23 heavy (non-hydrogen) atoms. The van der Waals surface area contributed by atoms with Crippen molar-refractivity contribution in [2.45, 2.75) is 18.2 Å². The van der Waals surface area contributed by atoms with Gasteiger partial charge in [0.15, 0.2) is 10.9 Å². The first kappa shape index (κ1) is 16.2. The molecule has 0 saturated carbocycles. The van der Waals surface area contributed by atoms with Crippen LogP contribution in [0.15, 0.2) is 28.2 Å². The number of carbonyl (C=O) groups excluding carboxylic acids is 1. The molecule has 0 radical (unpaired) electrons. The summed E-state index contributed by atoms with van der Waals surface area (Å²) in [6, 6.07) is 4.97. The van der Waals surface area contributed by atoms with Crippen LogP contribution in [0, 0.1) is 0 Å². The SMILES string of the molecule is O=C(NCc1ccc(Cl)c(Cl)c1)c1nc2n(c(=O)c1O)CCS2. The van der Waals surface area contributed by atoms with Crippen molar-refractivity contribution in [1.29, 1.82) is 0 Å². The van der Waals surface area contributed by atoms with E-state index in [9.17, 15) is 14.7 Å². The van der Waals surface area contributed by atoms with Crippen molar-refractivity contribution in [2.24, 2.45) is 0 Å². The van der Waals surface area contributed by atoms with Crippen LogP contribution in [-0.2, 0) is 13.1 Å². The maximum atomic E-state index is 12.2. The topological polar surface area (TPSA) is 84.2 Å². The van der Waals surface area contributed by atoms with Crippen LogP contribution in [0.25, 0.3) is 0 Å². The van der Waals surface area contributed by atoms with Crippen LogP contribution in [-0.4, -0.2) is 26.3 Å². The van der Waals surface area contributed by atoms with Gasteiger partial charge in [0.05, 0.1) is 10.0 Å². The molecule has 1 aromatic carbocycles. The Kier molecular flexibility index (Phi) is 4.52. The Bertz CT molecular complexity index is 854. The number of nitrogens with zero attached hydrogens (tertiary/aromatic N) is 2. The number of fused-ring (bicyclic) bond motifs is 1. The van der Waals surface area contributed by atoms with Crippen LogP contribution in [0.5, 0.6) is 5.75 Å². The molecule has 0 unspecified atom stereocenters. The first-order chi connectivity index (χ1) is 11.0. The number of rotatable bonds is 3. The molecule has 9 heteroatoms. The Balaban J connectivity index is 1.80. The Morgan fingerprint density at radius 2 is 2.17 bits per heavy atom. The minimum Gasteiger partial charge on any atom is -0.501 e. The average Bonchev–Trinajstić information content (AvgIpc) is 3.00. The van der Waals surface area contributed by atoms with Crippen molar-refractivity contribution in [3.63, 3.8) is 0 Å². The number of amides is 1. The number of hydrogen-bond acceptors (Lipinski definition) is 5. The van der Waals surface area contributed by atoms with E-state index in [0.717, 1.165) is 5.56 Å². The molecule has 0 aliphatic carbocycles. The molecule has 1 aliphatic heterocycles. The van der Waals surface area contributed by atoms with Crippen LogP contribution in [0.4, 0.5) is 0 Å². The Morgan fingerprint density at radius 3 is 2.91 bits per heavy atom. The van der Waals surface area contributed by atoms with E-state index in [-0.39, 0.29) is 12.2 Å². The molecular weight excluding hydrogens is 361 g/mol. The van der Waals surface area contributed by atoms with Gasteiger partial charge in [-0.2, -0.15) is 0 Å². The highest BCUT2D eigenvalue weighted by Gasteiger charge is 2.24. The van der Waals surface area contributed by atoms with Gasteiger partial charge in [0.1, 0.15) is 0 Å². The zero-order valence-electron chi connectivity index (χ0n) is 11.7. The molecule has 0 fully saturated rings. The van der Waals surface area contributed by atoms with E-state index in [1.807, 2.05) is 0 Å². The summed E-state index contributed by atoms with van der Waals surface area (Å²) in [5.74, 6) is -0.569. The molecule has 3 rings (SSSR count). The summed E-state index contributed by atoms with van der Waals surface area (Å²) in [5.41, 5.74) is -0.130. The van der Waals surface area contributed by atoms with E-state index < -0.39 is 17.2 Å². The smallest absolute Gasteiger partial charge is 0.297 e. The van der Waals surface area contributed by atoms with Crippen LogP contribution in [0.3, 0.4) is 0 Å². The summed E-state index contributed by atoms with van der Waals surface area (Å²) in [4.78, 5) is 28.3. The van der Waals surface area contributed by atoms with Gasteiger partial charge >= 0.3 is 0 Å². The number of benzene rings is 1. The first-order valence-corrected chi connectivity index (χ1v) is 8.40. The lowest BCUT2D eigenvalue weighted by Gasteiger charge is -2.09. The molecule has 1 aliphatic rings. The predicted molar refractivity (Wildman–Crippen MR) is 88.5 cm³/mol. The highest BCUT2D eigenvalue weighted by Crippen LogP contribution is 2.24. The van der Waals surface area contributed by atoms with Crippen LogP contribution < -0.4 is 10.9 Å². The molecule has 0 spiro atoms. The maximum absolute atomic E-state index is 12.2. The summed E-state index contributed by atoms with van der Waals surface area (Å²) >= 11 is 13.1.